The maximum Gasteiger partial charge on any atom is 0.193 e. The SMILES string of the molecule is COc1ccc(CN2CCn3c(-c4nc5ccc(C#N)cc5s4)nnc3C2C)c(OC)c1. The fourth-order valence-electron chi connectivity index (χ4n) is 4.10. The smallest absolute Gasteiger partial charge is 0.193 e. The Morgan fingerprint density at radius 1 is 1.12 bits per heavy atom. The van der Waals surface area contributed by atoms with E-state index in [1.54, 1.807) is 31.6 Å². The summed E-state index contributed by atoms with van der Waals surface area (Å²) < 4.78 is 14.0. The highest BCUT2D eigenvalue weighted by atomic mass is 32.1. The summed E-state index contributed by atoms with van der Waals surface area (Å²) in [6.07, 6.45) is 0. The molecule has 0 amide bonds. The molecule has 0 aliphatic carbocycles. The summed E-state index contributed by atoms with van der Waals surface area (Å²) in [5, 5.41) is 19.0. The summed E-state index contributed by atoms with van der Waals surface area (Å²) in [6, 6.07) is 13.7. The molecule has 4 aromatic rings. The normalized spacial score (nSPS) is 16.0. The van der Waals surface area contributed by atoms with Crippen LogP contribution in [0.1, 0.15) is 29.9 Å². The van der Waals surface area contributed by atoms with Crippen molar-refractivity contribution in [2.45, 2.75) is 26.1 Å². The highest BCUT2D eigenvalue weighted by Gasteiger charge is 2.30. The molecule has 2 aromatic carbocycles. The molecule has 0 bridgehead atoms. The Bertz CT molecular complexity index is 1340. The first-order valence-corrected chi connectivity index (χ1v) is 11.1. The number of hydrogen-bond donors (Lipinski definition) is 0. The van der Waals surface area contributed by atoms with E-state index in [9.17, 15) is 0 Å². The van der Waals surface area contributed by atoms with Crippen molar-refractivity contribution in [3.05, 3.63) is 53.3 Å². The number of benzene rings is 2. The molecule has 0 spiro atoms. The largest absolute Gasteiger partial charge is 0.497 e. The van der Waals surface area contributed by atoms with Crippen molar-refractivity contribution in [1.29, 1.82) is 5.26 Å². The number of thiazole rings is 1. The third kappa shape index (κ3) is 3.47. The van der Waals surface area contributed by atoms with Gasteiger partial charge in [0, 0.05) is 31.3 Å². The number of rotatable bonds is 5. The Hall–Kier alpha value is -3.48. The second-order valence-corrected chi connectivity index (χ2v) is 8.70. The minimum atomic E-state index is 0.0939. The number of hydrogen-bond acceptors (Lipinski definition) is 8. The Kier molecular flexibility index (Phi) is 5.25. The van der Waals surface area contributed by atoms with Gasteiger partial charge in [-0.25, -0.2) is 4.98 Å². The summed E-state index contributed by atoms with van der Waals surface area (Å²) in [5.41, 5.74) is 2.61. The Balaban J connectivity index is 1.42. The maximum absolute atomic E-state index is 9.15. The van der Waals surface area contributed by atoms with E-state index >= 15 is 0 Å². The van der Waals surface area contributed by atoms with E-state index in [1.807, 2.05) is 30.3 Å². The molecule has 0 fully saturated rings. The fourth-order valence-corrected chi connectivity index (χ4v) is 5.09. The Morgan fingerprint density at radius 3 is 2.78 bits per heavy atom. The van der Waals surface area contributed by atoms with E-state index in [2.05, 4.69) is 32.7 Å². The summed E-state index contributed by atoms with van der Waals surface area (Å²) in [4.78, 5) is 7.10. The van der Waals surface area contributed by atoms with Gasteiger partial charge in [-0.15, -0.1) is 21.5 Å². The van der Waals surface area contributed by atoms with Crippen molar-refractivity contribution < 1.29 is 9.47 Å². The van der Waals surface area contributed by atoms with Gasteiger partial charge in [0.15, 0.2) is 16.7 Å². The van der Waals surface area contributed by atoms with Gasteiger partial charge in [0.2, 0.25) is 0 Å². The molecule has 2 aromatic heterocycles. The monoisotopic (exact) mass is 446 g/mol. The van der Waals surface area contributed by atoms with E-state index in [-0.39, 0.29) is 6.04 Å². The molecule has 5 rings (SSSR count). The van der Waals surface area contributed by atoms with Gasteiger partial charge in [0.25, 0.3) is 0 Å². The lowest BCUT2D eigenvalue weighted by molar-refractivity contribution is 0.155. The van der Waals surface area contributed by atoms with Gasteiger partial charge in [-0.3, -0.25) is 4.90 Å². The van der Waals surface area contributed by atoms with Gasteiger partial charge in [0.1, 0.15) is 11.5 Å². The first-order valence-electron chi connectivity index (χ1n) is 10.3. The molecule has 9 heteroatoms. The molecule has 1 aliphatic rings. The average molecular weight is 447 g/mol. The molecule has 8 nitrogen and oxygen atoms in total. The zero-order valence-electron chi connectivity index (χ0n) is 18.1. The van der Waals surface area contributed by atoms with Crippen molar-refractivity contribution in [2.75, 3.05) is 20.8 Å². The summed E-state index contributed by atoms with van der Waals surface area (Å²) in [5.74, 6) is 3.30. The van der Waals surface area contributed by atoms with Crippen molar-refractivity contribution in [3.63, 3.8) is 0 Å². The second-order valence-electron chi connectivity index (χ2n) is 7.67. The number of methoxy groups -OCH3 is 2. The van der Waals surface area contributed by atoms with Crippen molar-refractivity contribution >= 4 is 21.6 Å². The van der Waals surface area contributed by atoms with E-state index in [1.165, 1.54) is 0 Å². The molecule has 1 aliphatic heterocycles. The number of ether oxygens (including phenoxy) is 2. The molecule has 32 heavy (non-hydrogen) atoms. The predicted octanol–water partition coefficient (Wildman–Crippen LogP) is 4.02. The van der Waals surface area contributed by atoms with Gasteiger partial charge in [0.05, 0.1) is 42.1 Å². The first kappa shape index (κ1) is 20.4. The quantitative estimate of drug-likeness (QED) is 0.457. The van der Waals surface area contributed by atoms with Crippen molar-refractivity contribution in [2.24, 2.45) is 0 Å². The first-order chi connectivity index (χ1) is 15.6. The summed E-state index contributed by atoms with van der Waals surface area (Å²) in [7, 11) is 3.33. The van der Waals surface area contributed by atoms with Crippen LogP contribution in [-0.2, 0) is 13.1 Å². The molecular weight excluding hydrogens is 424 g/mol. The van der Waals surface area contributed by atoms with Crippen LogP contribution >= 0.6 is 11.3 Å². The zero-order valence-corrected chi connectivity index (χ0v) is 18.9. The second kappa shape index (κ2) is 8.22. The molecular formula is C23H22N6O2S. The van der Waals surface area contributed by atoms with Crippen molar-refractivity contribution in [3.8, 4) is 28.4 Å². The van der Waals surface area contributed by atoms with Gasteiger partial charge >= 0.3 is 0 Å². The van der Waals surface area contributed by atoms with Crippen LogP contribution in [0.5, 0.6) is 11.5 Å². The van der Waals surface area contributed by atoms with Crippen LogP contribution in [0.2, 0.25) is 0 Å². The average Bonchev–Trinajstić information content (AvgIpc) is 3.44. The van der Waals surface area contributed by atoms with E-state index in [0.717, 1.165) is 63.6 Å². The van der Waals surface area contributed by atoms with E-state index in [4.69, 9.17) is 19.7 Å². The topological polar surface area (TPSA) is 89.1 Å². The third-order valence-corrected chi connectivity index (χ3v) is 6.90. The van der Waals surface area contributed by atoms with Crippen LogP contribution in [0.3, 0.4) is 0 Å². The number of nitriles is 1. The molecule has 3 heterocycles. The number of nitrogens with zero attached hydrogens (tertiary/aromatic N) is 6. The van der Waals surface area contributed by atoms with E-state index < -0.39 is 0 Å². The zero-order chi connectivity index (χ0) is 22.2. The summed E-state index contributed by atoms with van der Waals surface area (Å²) >= 11 is 1.54. The van der Waals surface area contributed by atoms with Gasteiger partial charge < -0.3 is 14.0 Å². The highest BCUT2D eigenvalue weighted by molar-refractivity contribution is 7.21. The molecule has 0 radical (unpaired) electrons. The lowest BCUT2D eigenvalue weighted by Crippen LogP contribution is -2.36. The standard InChI is InChI=1S/C23H22N6O2S/c1-14-21-26-27-22(23-25-18-7-4-15(12-24)10-20(18)32-23)29(21)9-8-28(14)13-16-5-6-17(30-2)11-19(16)31-3/h4-7,10-11,14H,8-9,13H2,1-3H3. The molecule has 0 saturated carbocycles. The fraction of sp³-hybridized carbons (Fsp3) is 0.304. The molecule has 162 valence electrons. The minimum absolute atomic E-state index is 0.0939. The Labute approximate surface area is 189 Å². The van der Waals surface area contributed by atoms with Gasteiger partial charge in [-0.1, -0.05) is 6.07 Å². The maximum atomic E-state index is 9.15. The van der Waals surface area contributed by atoms with Crippen LogP contribution in [0.15, 0.2) is 36.4 Å². The lowest BCUT2D eigenvalue weighted by Gasteiger charge is -2.33. The summed E-state index contributed by atoms with van der Waals surface area (Å²) in [6.45, 7) is 4.53. The molecule has 1 unspecified atom stereocenters. The predicted molar refractivity (Wildman–Crippen MR) is 122 cm³/mol. The van der Waals surface area contributed by atoms with E-state index in [0.29, 0.717) is 5.56 Å². The van der Waals surface area contributed by atoms with Crippen LogP contribution in [0.25, 0.3) is 21.0 Å². The Morgan fingerprint density at radius 2 is 2.00 bits per heavy atom. The van der Waals surface area contributed by atoms with Gasteiger partial charge in [-0.2, -0.15) is 5.26 Å². The van der Waals surface area contributed by atoms with Crippen LogP contribution < -0.4 is 9.47 Å². The minimum Gasteiger partial charge on any atom is -0.497 e. The lowest BCUT2D eigenvalue weighted by atomic mass is 10.1. The third-order valence-electron chi connectivity index (χ3n) is 5.89. The molecule has 0 N–H and O–H groups in total. The van der Waals surface area contributed by atoms with Gasteiger partial charge in [-0.05, 0) is 31.2 Å². The highest BCUT2D eigenvalue weighted by Crippen LogP contribution is 2.35. The number of aromatic nitrogens is 4. The molecule has 0 saturated heterocycles. The van der Waals surface area contributed by atoms with Crippen LogP contribution in [-0.4, -0.2) is 45.4 Å². The van der Waals surface area contributed by atoms with Crippen LogP contribution in [0.4, 0.5) is 0 Å². The number of fused-ring (bicyclic) bond motifs is 2. The molecule has 1 atom stereocenters. The van der Waals surface area contributed by atoms with Crippen LogP contribution in [0, 0.1) is 11.3 Å². The van der Waals surface area contributed by atoms with Crippen molar-refractivity contribution in [1.82, 2.24) is 24.6 Å².